The minimum Gasteiger partial charge on any atom is -0.508 e. The Kier molecular flexibility index (Phi) is 5.20. The third-order valence-electron chi connectivity index (χ3n) is 6.68. The van der Waals surface area contributed by atoms with E-state index in [1.54, 1.807) is 18.2 Å². The molecule has 1 amide bonds. The average molecular weight is 418 g/mol. The summed E-state index contributed by atoms with van der Waals surface area (Å²) in [4.78, 5) is 12.5. The van der Waals surface area contributed by atoms with E-state index in [9.17, 15) is 9.90 Å². The van der Waals surface area contributed by atoms with Crippen LogP contribution in [0.4, 0.5) is 5.69 Å². The smallest absolute Gasteiger partial charge is 0.291 e. The number of anilines is 1. The molecule has 162 valence electrons. The van der Waals surface area contributed by atoms with E-state index in [2.05, 4.69) is 52.1 Å². The zero-order valence-electron chi connectivity index (χ0n) is 19.0. The molecule has 0 fully saturated rings. The van der Waals surface area contributed by atoms with Crippen LogP contribution in [0.3, 0.4) is 0 Å². The van der Waals surface area contributed by atoms with Gasteiger partial charge in [-0.05, 0) is 89.2 Å². The Bertz CT molecular complexity index is 1120. The standard InChI is InChI=1S/C27H31NO3/c1-17-14-22-23(27(4,5)13-12-26(22,2)3)16-18(17)15-21-10-11-24(31-21)25(30)28-19-6-8-20(29)9-7-19/h6-11,14,16,29H,12-13,15H2,1-5H3,(H,28,30). The number of carbonyl (C=O) groups excluding carboxylic acids is 1. The fraction of sp³-hybridized carbons (Fsp3) is 0.370. The first-order valence-electron chi connectivity index (χ1n) is 10.9. The first-order valence-corrected chi connectivity index (χ1v) is 10.9. The van der Waals surface area contributed by atoms with Crippen LogP contribution in [-0.4, -0.2) is 11.0 Å². The second-order valence-corrected chi connectivity index (χ2v) is 10.0. The fourth-order valence-corrected chi connectivity index (χ4v) is 4.48. The van der Waals surface area contributed by atoms with Crippen LogP contribution in [0.2, 0.25) is 0 Å². The molecular formula is C27H31NO3. The molecular weight excluding hydrogens is 386 g/mol. The van der Waals surface area contributed by atoms with Crippen molar-refractivity contribution in [3.8, 4) is 5.75 Å². The van der Waals surface area contributed by atoms with Gasteiger partial charge in [-0.15, -0.1) is 0 Å². The van der Waals surface area contributed by atoms with E-state index in [0.29, 0.717) is 12.1 Å². The van der Waals surface area contributed by atoms with Crippen molar-refractivity contribution in [2.24, 2.45) is 0 Å². The van der Waals surface area contributed by atoms with Gasteiger partial charge in [0.15, 0.2) is 5.76 Å². The van der Waals surface area contributed by atoms with E-state index in [4.69, 9.17) is 4.42 Å². The lowest BCUT2D eigenvalue weighted by Gasteiger charge is -2.42. The number of aromatic hydroxyl groups is 1. The summed E-state index contributed by atoms with van der Waals surface area (Å²) in [6.45, 7) is 11.5. The van der Waals surface area contributed by atoms with Gasteiger partial charge >= 0.3 is 0 Å². The van der Waals surface area contributed by atoms with Crippen molar-refractivity contribution in [2.75, 3.05) is 5.32 Å². The second-order valence-electron chi connectivity index (χ2n) is 10.0. The van der Waals surface area contributed by atoms with Crippen molar-refractivity contribution < 1.29 is 14.3 Å². The maximum atomic E-state index is 12.5. The van der Waals surface area contributed by atoms with Gasteiger partial charge in [-0.25, -0.2) is 0 Å². The van der Waals surface area contributed by atoms with Gasteiger partial charge in [-0.1, -0.05) is 39.8 Å². The van der Waals surface area contributed by atoms with Crippen molar-refractivity contribution in [1.29, 1.82) is 0 Å². The van der Waals surface area contributed by atoms with E-state index < -0.39 is 0 Å². The van der Waals surface area contributed by atoms with Crippen molar-refractivity contribution in [2.45, 2.75) is 64.7 Å². The summed E-state index contributed by atoms with van der Waals surface area (Å²) in [7, 11) is 0. The van der Waals surface area contributed by atoms with Crippen LogP contribution >= 0.6 is 0 Å². The Morgan fingerprint density at radius 2 is 1.58 bits per heavy atom. The van der Waals surface area contributed by atoms with Crippen LogP contribution in [0.25, 0.3) is 0 Å². The normalized spacial score (nSPS) is 16.5. The molecule has 0 atom stereocenters. The number of rotatable bonds is 4. The van der Waals surface area contributed by atoms with Crippen LogP contribution in [-0.2, 0) is 17.3 Å². The molecule has 1 aromatic heterocycles. The maximum absolute atomic E-state index is 12.5. The van der Waals surface area contributed by atoms with E-state index >= 15 is 0 Å². The van der Waals surface area contributed by atoms with E-state index in [1.807, 2.05) is 6.07 Å². The van der Waals surface area contributed by atoms with Crippen LogP contribution in [0.5, 0.6) is 5.75 Å². The van der Waals surface area contributed by atoms with Gasteiger partial charge in [0.05, 0.1) is 0 Å². The van der Waals surface area contributed by atoms with Gasteiger partial charge in [-0.2, -0.15) is 0 Å². The number of fused-ring (bicyclic) bond motifs is 1. The number of nitrogens with one attached hydrogen (secondary N) is 1. The van der Waals surface area contributed by atoms with Gasteiger partial charge < -0.3 is 14.8 Å². The number of phenolic OH excluding ortho intramolecular Hbond substituents is 1. The number of hydrogen-bond donors (Lipinski definition) is 2. The lowest BCUT2D eigenvalue weighted by Crippen LogP contribution is -2.34. The quantitative estimate of drug-likeness (QED) is 0.477. The van der Waals surface area contributed by atoms with Crippen LogP contribution in [0.15, 0.2) is 52.9 Å². The summed E-state index contributed by atoms with van der Waals surface area (Å²) in [5, 5.41) is 12.2. The van der Waals surface area contributed by atoms with Crippen molar-refractivity contribution in [1.82, 2.24) is 0 Å². The zero-order chi connectivity index (χ0) is 22.4. The number of amides is 1. The molecule has 3 aromatic rings. The van der Waals surface area contributed by atoms with Crippen molar-refractivity contribution in [3.63, 3.8) is 0 Å². The second kappa shape index (κ2) is 7.60. The predicted molar refractivity (Wildman–Crippen MR) is 124 cm³/mol. The van der Waals surface area contributed by atoms with E-state index in [-0.39, 0.29) is 28.2 Å². The molecule has 0 saturated heterocycles. The van der Waals surface area contributed by atoms with Gasteiger partial charge in [0.2, 0.25) is 0 Å². The fourth-order valence-electron chi connectivity index (χ4n) is 4.48. The molecule has 1 heterocycles. The summed E-state index contributed by atoms with van der Waals surface area (Å²) in [5.74, 6) is 0.902. The molecule has 4 rings (SSSR count). The molecule has 31 heavy (non-hydrogen) atoms. The highest BCUT2D eigenvalue weighted by Gasteiger charge is 2.37. The Morgan fingerprint density at radius 3 is 2.23 bits per heavy atom. The third kappa shape index (κ3) is 4.25. The summed E-state index contributed by atoms with van der Waals surface area (Å²) < 4.78 is 5.88. The van der Waals surface area contributed by atoms with Crippen molar-refractivity contribution in [3.05, 3.63) is 82.3 Å². The molecule has 4 nitrogen and oxygen atoms in total. The molecule has 0 saturated carbocycles. The molecule has 2 N–H and O–H groups in total. The molecule has 0 aliphatic heterocycles. The third-order valence-corrected chi connectivity index (χ3v) is 6.68. The highest BCUT2D eigenvalue weighted by molar-refractivity contribution is 6.02. The molecule has 2 aromatic carbocycles. The Balaban J connectivity index is 1.56. The van der Waals surface area contributed by atoms with Crippen LogP contribution < -0.4 is 5.32 Å². The van der Waals surface area contributed by atoms with Crippen molar-refractivity contribution >= 4 is 11.6 Å². The minimum atomic E-state index is -0.304. The number of phenols is 1. The maximum Gasteiger partial charge on any atom is 0.291 e. The minimum absolute atomic E-state index is 0.158. The highest BCUT2D eigenvalue weighted by atomic mass is 16.3. The first-order chi connectivity index (χ1) is 14.5. The summed E-state index contributed by atoms with van der Waals surface area (Å²) in [5.41, 5.74) is 6.35. The molecule has 0 bridgehead atoms. The topological polar surface area (TPSA) is 62.5 Å². The summed E-state index contributed by atoms with van der Waals surface area (Å²) in [6, 6.07) is 14.7. The average Bonchev–Trinajstić information content (AvgIpc) is 3.17. The number of furan rings is 1. The Labute approximate surface area is 184 Å². The van der Waals surface area contributed by atoms with E-state index in [1.165, 1.54) is 47.2 Å². The molecule has 0 spiro atoms. The van der Waals surface area contributed by atoms with Crippen LogP contribution in [0.1, 0.15) is 79.1 Å². The SMILES string of the molecule is Cc1cc2c(cc1Cc1ccc(C(=O)Nc3ccc(O)cc3)o1)C(C)(C)CCC2(C)C. The zero-order valence-corrected chi connectivity index (χ0v) is 19.0. The Morgan fingerprint density at radius 1 is 0.968 bits per heavy atom. The van der Waals surface area contributed by atoms with Gasteiger partial charge in [0.1, 0.15) is 11.5 Å². The molecule has 4 heteroatoms. The monoisotopic (exact) mass is 417 g/mol. The Hall–Kier alpha value is -3.01. The summed E-state index contributed by atoms with van der Waals surface area (Å²) in [6.07, 6.45) is 3.03. The number of carbonyl (C=O) groups is 1. The highest BCUT2D eigenvalue weighted by Crippen LogP contribution is 2.46. The largest absolute Gasteiger partial charge is 0.508 e. The molecule has 0 radical (unpaired) electrons. The molecule has 1 aliphatic carbocycles. The first kappa shape index (κ1) is 21.2. The van der Waals surface area contributed by atoms with Gasteiger partial charge in [0.25, 0.3) is 5.91 Å². The molecule has 1 aliphatic rings. The number of hydrogen-bond acceptors (Lipinski definition) is 3. The summed E-state index contributed by atoms with van der Waals surface area (Å²) >= 11 is 0. The lowest BCUT2D eigenvalue weighted by atomic mass is 9.62. The van der Waals surface area contributed by atoms with Gasteiger partial charge in [-0.3, -0.25) is 4.79 Å². The lowest BCUT2D eigenvalue weighted by molar-refractivity contribution is 0.0995. The van der Waals surface area contributed by atoms with E-state index in [0.717, 1.165) is 5.76 Å². The molecule has 0 unspecified atom stereocenters. The predicted octanol–water partition coefficient (Wildman–Crippen LogP) is 6.49. The number of benzene rings is 2. The number of aryl methyl sites for hydroxylation is 1. The van der Waals surface area contributed by atoms with Gasteiger partial charge in [0, 0.05) is 12.1 Å². The van der Waals surface area contributed by atoms with Crippen LogP contribution in [0, 0.1) is 6.92 Å².